The number of ether oxygens (including phenoxy) is 1. The predicted molar refractivity (Wildman–Crippen MR) is 110 cm³/mol. The van der Waals surface area contributed by atoms with Crippen LogP contribution in [0.5, 0.6) is 0 Å². The lowest BCUT2D eigenvalue weighted by Crippen LogP contribution is -2.48. The number of benzene rings is 1. The highest BCUT2D eigenvalue weighted by Crippen LogP contribution is 2.27. The Labute approximate surface area is 169 Å². The second kappa shape index (κ2) is 8.23. The first-order valence-corrected chi connectivity index (χ1v) is 9.71. The van der Waals surface area contributed by atoms with Crippen LogP contribution in [0.2, 0.25) is 0 Å². The maximum Gasteiger partial charge on any atom is 0.407 e. The molecule has 0 atom stereocenters. The van der Waals surface area contributed by atoms with E-state index in [1.165, 1.54) is 6.07 Å². The number of alkyl carbamates (subject to hydrolysis) is 1. The van der Waals surface area contributed by atoms with E-state index in [2.05, 4.69) is 10.6 Å². The first-order valence-electron chi connectivity index (χ1n) is 9.71. The fraction of sp³-hybridized carbons (Fsp3) is 0.476. The smallest absolute Gasteiger partial charge is 0.407 e. The molecule has 0 saturated carbocycles. The van der Waals surface area contributed by atoms with Crippen LogP contribution in [0.15, 0.2) is 18.2 Å². The number of fused-ring (bicyclic) bond motifs is 1. The van der Waals surface area contributed by atoms with Crippen molar-refractivity contribution in [1.29, 1.82) is 0 Å². The number of aromatic nitrogens is 1. The lowest BCUT2D eigenvalue weighted by Gasteiger charge is -2.30. The van der Waals surface area contributed by atoms with E-state index in [1.807, 2.05) is 11.0 Å². The molecule has 2 aromatic rings. The number of piperazine rings is 1. The molecular formula is C21H27FN4O3. The molecule has 156 valence electrons. The summed E-state index contributed by atoms with van der Waals surface area (Å²) in [6.07, 6.45) is 0.0227. The zero-order valence-electron chi connectivity index (χ0n) is 17.3. The van der Waals surface area contributed by atoms with Gasteiger partial charge in [-0.25, -0.2) is 14.2 Å². The molecule has 8 heteroatoms. The van der Waals surface area contributed by atoms with E-state index in [-0.39, 0.29) is 18.3 Å². The second-order valence-corrected chi connectivity index (χ2v) is 8.17. The molecule has 0 bridgehead atoms. The molecule has 1 saturated heterocycles. The molecule has 3 rings (SSSR count). The van der Waals surface area contributed by atoms with Crippen molar-refractivity contribution in [3.63, 3.8) is 0 Å². The lowest BCUT2D eigenvalue weighted by molar-refractivity contribution is -0.120. The van der Waals surface area contributed by atoms with Crippen molar-refractivity contribution in [2.75, 3.05) is 31.1 Å². The summed E-state index contributed by atoms with van der Waals surface area (Å²) in [6.45, 7) is 8.81. The summed E-state index contributed by atoms with van der Waals surface area (Å²) in [5, 5.41) is 6.37. The molecule has 29 heavy (non-hydrogen) atoms. The van der Waals surface area contributed by atoms with Gasteiger partial charge in [0.05, 0.1) is 12.1 Å². The number of aryl methyl sites for hydroxylation is 1. The van der Waals surface area contributed by atoms with E-state index in [9.17, 15) is 14.0 Å². The van der Waals surface area contributed by atoms with Gasteiger partial charge in [0, 0.05) is 30.6 Å². The largest absolute Gasteiger partial charge is 0.444 e. The Morgan fingerprint density at radius 1 is 1.38 bits per heavy atom. The van der Waals surface area contributed by atoms with Crippen LogP contribution in [0, 0.1) is 12.7 Å². The van der Waals surface area contributed by atoms with Gasteiger partial charge in [-0.15, -0.1) is 0 Å². The molecule has 1 aliphatic rings. The molecule has 1 aromatic heterocycles. The maximum absolute atomic E-state index is 14.0. The number of anilines is 1. The van der Waals surface area contributed by atoms with Crippen LogP contribution in [0.25, 0.3) is 10.9 Å². The van der Waals surface area contributed by atoms with Gasteiger partial charge in [-0.05, 0) is 57.9 Å². The summed E-state index contributed by atoms with van der Waals surface area (Å²) in [5.41, 5.74) is 1.37. The maximum atomic E-state index is 14.0. The summed E-state index contributed by atoms with van der Waals surface area (Å²) < 4.78 is 19.3. The number of halogens is 1. The minimum atomic E-state index is -0.567. The van der Waals surface area contributed by atoms with Crippen molar-refractivity contribution in [2.24, 2.45) is 0 Å². The third-order valence-electron chi connectivity index (χ3n) is 4.63. The minimum absolute atomic E-state index is 0.0769. The van der Waals surface area contributed by atoms with Gasteiger partial charge in [0.2, 0.25) is 5.91 Å². The zero-order valence-corrected chi connectivity index (χ0v) is 17.3. The van der Waals surface area contributed by atoms with Crippen LogP contribution in [-0.4, -0.2) is 48.8 Å². The van der Waals surface area contributed by atoms with Crippen molar-refractivity contribution in [3.8, 4) is 0 Å². The van der Waals surface area contributed by atoms with E-state index in [0.29, 0.717) is 43.0 Å². The normalized spacial score (nSPS) is 14.7. The Morgan fingerprint density at radius 3 is 2.83 bits per heavy atom. The van der Waals surface area contributed by atoms with Gasteiger partial charge in [0.15, 0.2) is 0 Å². The molecular weight excluding hydrogens is 375 g/mol. The number of carbonyl (C=O) groups is 2. The Morgan fingerprint density at radius 2 is 2.14 bits per heavy atom. The van der Waals surface area contributed by atoms with Crippen LogP contribution in [0.1, 0.15) is 31.9 Å². The Bertz CT molecular complexity index is 940. The number of hydrogen-bond acceptors (Lipinski definition) is 5. The van der Waals surface area contributed by atoms with Crippen LogP contribution < -0.4 is 15.5 Å². The van der Waals surface area contributed by atoms with E-state index in [0.717, 1.165) is 10.9 Å². The first kappa shape index (κ1) is 20.8. The molecule has 1 fully saturated rings. The molecule has 2 N–H and O–H groups in total. The van der Waals surface area contributed by atoms with Gasteiger partial charge in [0.25, 0.3) is 0 Å². The molecule has 7 nitrogen and oxygen atoms in total. The molecule has 0 spiro atoms. The van der Waals surface area contributed by atoms with Crippen molar-refractivity contribution >= 4 is 28.7 Å². The van der Waals surface area contributed by atoms with Crippen LogP contribution >= 0.6 is 0 Å². The fourth-order valence-electron chi connectivity index (χ4n) is 3.28. The number of nitrogens with one attached hydrogen (secondary N) is 2. The van der Waals surface area contributed by atoms with Gasteiger partial charge in [-0.2, -0.15) is 0 Å². The van der Waals surface area contributed by atoms with E-state index in [1.54, 1.807) is 33.8 Å². The highest BCUT2D eigenvalue weighted by atomic mass is 19.1. The number of pyridine rings is 1. The summed E-state index contributed by atoms with van der Waals surface area (Å²) in [7, 11) is 0. The molecule has 0 radical (unpaired) electrons. The second-order valence-electron chi connectivity index (χ2n) is 8.17. The number of carbonyl (C=O) groups excluding carboxylic acids is 2. The summed E-state index contributed by atoms with van der Waals surface area (Å²) >= 11 is 0. The van der Waals surface area contributed by atoms with Crippen molar-refractivity contribution in [2.45, 2.75) is 39.7 Å². The molecule has 0 aliphatic carbocycles. The average Bonchev–Trinajstić information content (AvgIpc) is 2.63. The van der Waals surface area contributed by atoms with Crippen LogP contribution in [-0.2, 0) is 16.0 Å². The number of amides is 2. The van der Waals surface area contributed by atoms with Crippen LogP contribution in [0.3, 0.4) is 0 Å². The SMILES string of the molecule is Cc1c(F)ccc2cc(CCNC(=O)OC(C)(C)C)c(N3CCNC(=O)C3)nc12. The van der Waals surface area contributed by atoms with Crippen molar-refractivity contribution < 1.29 is 18.7 Å². The van der Waals surface area contributed by atoms with E-state index in [4.69, 9.17) is 9.72 Å². The quantitative estimate of drug-likeness (QED) is 0.822. The van der Waals surface area contributed by atoms with Gasteiger partial charge >= 0.3 is 6.09 Å². The first-order chi connectivity index (χ1) is 13.6. The van der Waals surface area contributed by atoms with E-state index >= 15 is 0 Å². The van der Waals surface area contributed by atoms with Gasteiger partial charge in [-0.3, -0.25) is 4.79 Å². The highest BCUT2D eigenvalue weighted by molar-refractivity contribution is 5.87. The molecule has 1 aliphatic heterocycles. The molecule has 1 aromatic carbocycles. The Kier molecular flexibility index (Phi) is 5.91. The number of nitrogens with zero attached hydrogens (tertiary/aromatic N) is 2. The fourth-order valence-corrected chi connectivity index (χ4v) is 3.28. The highest BCUT2D eigenvalue weighted by Gasteiger charge is 2.22. The summed E-state index contributed by atoms with van der Waals surface area (Å²) in [4.78, 5) is 30.4. The van der Waals surface area contributed by atoms with Gasteiger partial charge in [-0.1, -0.05) is 0 Å². The third kappa shape index (κ3) is 5.13. The number of hydrogen-bond donors (Lipinski definition) is 2. The molecule has 2 amide bonds. The third-order valence-corrected chi connectivity index (χ3v) is 4.63. The predicted octanol–water partition coefficient (Wildman–Crippen LogP) is 2.69. The summed E-state index contributed by atoms with van der Waals surface area (Å²) in [6, 6.07) is 5.08. The molecule has 0 unspecified atom stereocenters. The standard InChI is InChI=1S/C21H27FN4O3/c1-13-16(22)6-5-14-11-15(7-8-24-20(28)29-21(2,3)4)19(25-18(13)14)26-10-9-23-17(27)12-26/h5-6,11H,7-10,12H2,1-4H3,(H,23,27)(H,24,28). The van der Waals surface area contributed by atoms with Gasteiger partial charge < -0.3 is 20.3 Å². The van der Waals surface area contributed by atoms with Crippen LogP contribution in [0.4, 0.5) is 15.0 Å². The topological polar surface area (TPSA) is 83.6 Å². The number of rotatable bonds is 4. The average molecular weight is 402 g/mol. The van der Waals surface area contributed by atoms with Crippen molar-refractivity contribution in [3.05, 3.63) is 35.1 Å². The lowest BCUT2D eigenvalue weighted by atomic mass is 10.0. The van der Waals surface area contributed by atoms with E-state index < -0.39 is 11.7 Å². The van der Waals surface area contributed by atoms with Crippen molar-refractivity contribution in [1.82, 2.24) is 15.6 Å². The zero-order chi connectivity index (χ0) is 21.2. The minimum Gasteiger partial charge on any atom is -0.444 e. The van der Waals surface area contributed by atoms with Gasteiger partial charge in [0.1, 0.15) is 17.2 Å². The monoisotopic (exact) mass is 402 g/mol. The summed E-state index contributed by atoms with van der Waals surface area (Å²) in [5.74, 6) is 0.255. The molecule has 2 heterocycles. The Balaban J connectivity index is 1.87. The Hall–Kier alpha value is -2.90.